The van der Waals surface area contributed by atoms with Crippen LogP contribution in [0.15, 0.2) is 15.4 Å². The van der Waals surface area contributed by atoms with Crippen molar-refractivity contribution in [3.63, 3.8) is 0 Å². The van der Waals surface area contributed by atoms with Gasteiger partial charge in [0, 0.05) is 17.7 Å². The summed E-state index contributed by atoms with van der Waals surface area (Å²) < 4.78 is 5.24. The lowest BCUT2D eigenvalue weighted by Gasteiger charge is -1.97. The van der Waals surface area contributed by atoms with E-state index in [9.17, 15) is 4.79 Å². The second-order valence-electron chi connectivity index (χ2n) is 4.91. The Hall–Kier alpha value is -1.58. The van der Waals surface area contributed by atoms with Crippen LogP contribution in [0.25, 0.3) is 11.1 Å². The smallest absolute Gasteiger partial charge is 0.240 e. The number of pyridine rings is 1. The van der Waals surface area contributed by atoms with Gasteiger partial charge in [0.25, 0.3) is 0 Å². The van der Waals surface area contributed by atoms with E-state index in [1.54, 1.807) is 6.07 Å². The minimum absolute atomic E-state index is 0.0683. The van der Waals surface area contributed by atoms with Crippen molar-refractivity contribution < 1.29 is 4.52 Å². The largest absolute Gasteiger partial charge is 0.337 e. The number of fused-ring (bicyclic) bond motifs is 1. The third kappa shape index (κ3) is 1.16. The van der Waals surface area contributed by atoms with Crippen molar-refractivity contribution in [2.45, 2.75) is 37.5 Å². The topological polar surface area (TPSA) is 58.9 Å². The van der Waals surface area contributed by atoms with E-state index < -0.39 is 0 Å². The van der Waals surface area contributed by atoms with Crippen LogP contribution >= 0.6 is 0 Å². The third-order valence-corrected chi connectivity index (χ3v) is 3.49. The van der Waals surface area contributed by atoms with Gasteiger partial charge in [-0.05, 0) is 31.6 Å². The third-order valence-electron chi connectivity index (χ3n) is 3.49. The summed E-state index contributed by atoms with van der Waals surface area (Å²) in [6, 6.07) is 1.73. The molecule has 0 radical (unpaired) electrons. The number of rotatable bonds is 2. The molecule has 0 saturated heterocycles. The second-order valence-corrected chi connectivity index (χ2v) is 4.91. The molecule has 0 unspecified atom stereocenters. The molecule has 2 aromatic heterocycles. The summed E-state index contributed by atoms with van der Waals surface area (Å²) in [5.74, 6) is 0.987. The van der Waals surface area contributed by atoms with E-state index >= 15 is 0 Å². The molecule has 2 heterocycles. The average Bonchev–Trinajstić information content (AvgIpc) is 3.15. The van der Waals surface area contributed by atoms with Gasteiger partial charge in [-0.25, -0.2) is 0 Å². The first-order chi connectivity index (χ1) is 7.83. The van der Waals surface area contributed by atoms with Gasteiger partial charge in [-0.3, -0.25) is 4.79 Å². The van der Waals surface area contributed by atoms with Crippen LogP contribution in [0, 0.1) is 0 Å². The molecule has 1 N–H and O–H groups in total. The van der Waals surface area contributed by atoms with Gasteiger partial charge < -0.3 is 9.51 Å². The van der Waals surface area contributed by atoms with Crippen molar-refractivity contribution in [1.29, 1.82) is 0 Å². The summed E-state index contributed by atoms with van der Waals surface area (Å²) in [4.78, 5) is 15.2. The lowest BCUT2D eigenvalue weighted by atomic mass is 10.1. The number of hydrogen-bond donors (Lipinski definition) is 1. The first kappa shape index (κ1) is 8.56. The Balaban J connectivity index is 1.98. The van der Waals surface area contributed by atoms with E-state index in [1.807, 2.05) is 0 Å². The molecule has 0 aromatic carbocycles. The molecule has 82 valence electrons. The number of H-pyrrole nitrogens is 1. The highest BCUT2D eigenvalue weighted by Crippen LogP contribution is 2.42. The SMILES string of the molecule is O=c1cc(C2CC2)[nH]c2onc(C3CC3)c12. The van der Waals surface area contributed by atoms with E-state index in [2.05, 4.69) is 10.1 Å². The fourth-order valence-corrected chi connectivity index (χ4v) is 2.26. The fourth-order valence-electron chi connectivity index (χ4n) is 2.26. The van der Waals surface area contributed by atoms with E-state index in [-0.39, 0.29) is 5.43 Å². The maximum absolute atomic E-state index is 12.0. The Bertz CT molecular complexity index is 617. The highest BCUT2D eigenvalue weighted by Gasteiger charge is 2.31. The molecular weight excluding hydrogens is 204 g/mol. The molecule has 0 atom stereocenters. The zero-order valence-corrected chi connectivity index (χ0v) is 8.82. The second kappa shape index (κ2) is 2.75. The van der Waals surface area contributed by atoms with Crippen molar-refractivity contribution in [1.82, 2.24) is 10.1 Å². The molecule has 2 aromatic rings. The van der Waals surface area contributed by atoms with Gasteiger partial charge in [0.15, 0.2) is 5.43 Å². The molecule has 4 nitrogen and oxygen atoms in total. The summed E-state index contributed by atoms with van der Waals surface area (Å²) >= 11 is 0. The zero-order chi connectivity index (χ0) is 10.7. The Morgan fingerprint density at radius 1 is 1.25 bits per heavy atom. The number of nitrogens with zero attached hydrogens (tertiary/aromatic N) is 1. The molecule has 0 amide bonds. The van der Waals surface area contributed by atoms with E-state index in [0.717, 1.165) is 24.2 Å². The highest BCUT2D eigenvalue weighted by atomic mass is 16.5. The summed E-state index contributed by atoms with van der Waals surface area (Å²) in [7, 11) is 0. The maximum Gasteiger partial charge on any atom is 0.240 e. The first-order valence-corrected chi connectivity index (χ1v) is 5.85. The summed E-state index contributed by atoms with van der Waals surface area (Å²) in [6.07, 6.45) is 4.60. The van der Waals surface area contributed by atoms with Gasteiger partial charge in [0.1, 0.15) is 11.1 Å². The lowest BCUT2D eigenvalue weighted by molar-refractivity contribution is 0.438. The van der Waals surface area contributed by atoms with Gasteiger partial charge in [0.05, 0.1) is 0 Å². The summed E-state index contributed by atoms with van der Waals surface area (Å²) in [5.41, 5.74) is 2.50. The standard InChI is InChI=1S/C12H12N2O2/c15-9-5-8(6-1-2-6)13-12-10(9)11(14-16-12)7-3-4-7/h5-7H,1-4H2,(H,13,15). The predicted octanol–water partition coefficient (Wildman–Crippen LogP) is 2.27. The predicted molar refractivity (Wildman–Crippen MR) is 58.6 cm³/mol. The van der Waals surface area contributed by atoms with Crippen LogP contribution in [0.2, 0.25) is 0 Å². The van der Waals surface area contributed by atoms with E-state index in [0.29, 0.717) is 22.9 Å². The minimum Gasteiger partial charge on any atom is -0.337 e. The van der Waals surface area contributed by atoms with Crippen LogP contribution in [0.4, 0.5) is 0 Å². The van der Waals surface area contributed by atoms with Gasteiger partial charge in [-0.1, -0.05) is 5.16 Å². The fraction of sp³-hybridized carbons (Fsp3) is 0.500. The van der Waals surface area contributed by atoms with Gasteiger partial charge in [0.2, 0.25) is 5.71 Å². The highest BCUT2D eigenvalue weighted by molar-refractivity contribution is 5.77. The summed E-state index contributed by atoms with van der Waals surface area (Å²) in [5, 5.41) is 4.71. The first-order valence-electron chi connectivity index (χ1n) is 5.85. The van der Waals surface area contributed by atoms with E-state index in [4.69, 9.17) is 4.52 Å². The Morgan fingerprint density at radius 2 is 2.00 bits per heavy atom. The molecule has 0 aliphatic heterocycles. The van der Waals surface area contributed by atoms with E-state index in [1.165, 1.54) is 12.8 Å². The molecule has 16 heavy (non-hydrogen) atoms. The number of aromatic nitrogens is 2. The van der Waals surface area contributed by atoms with Crippen molar-refractivity contribution in [2.75, 3.05) is 0 Å². The Morgan fingerprint density at radius 3 is 2.69 bits per heavy atom. The molecule has 2 aliphatic rings. The molecule has 0 bridgehead atoms. The molecule has 2 fully saturated rings. The monoisotopic (exact) mass is 216 g/mol. The van der Waals surface area contributed by atoms with Crippen molar-refractivity contribution in [3.05, 3.63) is 27.7 Å². The Labute approximate surface area is 91.6 Å². The van der Waals surface area contributed by atoms with Gasteiger partial charge in [-0.15, -0.1) is 0 Å². The zero-order valence-electron chi connectivity index (χ0n) is 8.82. The van der Waals surface area contributed by atoms with Gasteiger partial charge in [-0.2, -0.15) is 0 Å². The molecule has 0 spiro atoms. The minimum atomic E-state index is 0.0683. The number of hydrogen-bond acceptors (Lipinski definition) is 3. The molecule has 4 rings (SSSR count). The van der Waals surface area contributed by atoms with Crippen molar-refractivity contribution in [3.8, 4) is 0 Å². The maximum atomic E-state index is 12.0. The van der Waals surface area contributed by atoms with Crippen LogP contribution in [0.5, 0.6) is 0 Å². The van der Waals surface area contributed by atoms with Crippen LogP contribution in [-0.2, 0) is 0 Å². The van der Waals surface area contributed by atoms with Crippen LogP contribution in [-0.4, -0.2) is 10.1 Å². The average molecular weight is 216 g/mol. The van der Waals surface area contributed by atoms with Crippen molar-refractivity contribution in [2.24, 2.45) is 0 Å². The van der Waals surface area contributed by atoms with Crippen LogP contribution < -0.4 is 5.43 Å². The molecular formula is C12H12N2O2. The number of nitrogens with one attached hydrogen (secondary N) is 1. The normalized spacial score (nSPS) is 20.5. The van der Waals surface area contributed by atoms with Crippen LogP contribution in [0.1, 0.15) is 48.9 Å². The summed E-state index contributed by atoms with van der Waals surface area (Å²) in [6.45, 7) is 0. The molecule has 2 saturated carbocycles. The lowest BCUT2D eigenvalue weighted by Crippen LogP contribution is -2.04. The Kier molecular flexibility index (Phi) is 1.47. The van der Waals surface area contributed by atoms with Crippen molar-refractivity contribution >= 4 is 11.1 Å². The van der Waals surface area contributed by atoms with Crippen LogP contribution in [0.3, 0.4) is 0 Å². The molecule has 2 aliphatic carbocycles. The molecule has 4 heteroatoms. The quantitative estimate of drug-likeness (QED) is 0.837. The number of aromatic amines is 1. The van der Waals surface area contributed by atoms with Gasteiger partial charge >= 0.3 is 0 Å².